The topological polar surface area (TPSA) is 57.5 Å². The molecule has 3 nitrogen and oxygen atoms in total. The summed E-state index contributed by atoms with van der Waals surface area (Å²) in [5, 5.41) is 17.9. The first-order chi connectivity index (χ1) is 5.54. The van der Waals surface area contributed by atoms with Crippen molar-refractivity contribution in [2.24, 2.45) is 0 Å². The zero-order valence-electron chi connectivity index (χ0n) is 6.96. The molecule has 0 amide bonds. The van der Waals surface area contributed by atoms with Gasteiger partial charge in [-0.15, -0.1) is 0 Å². The van der Waals surface area contributed by atoms with Crippen LogP contribution in [-0.2, 0) is 0 Å². The molecule has 0 radical (unpaired) electrons. The highest BCUT2D eigenvalue weighted by atomic mass is 16.4. The minimum absolute atomic E-state index is 0.00463. The first-order valence-corrected chi connectivity index (χ1v) is 3.56. The maximum Gasteiger partial charge on any atom is 0.339 e. The van der Waals surface area contributed by atoms with E-state index in [1.807, 2.05) is 0 Å². The molecule has 3 heteroatoms. The van der Waals surface area contributed by atoms with Crippen molar-refractivity contribution in [1.29, 1.82) is 0 Å². The molecule has 1 rings (SSSR count). The fourth-order valence-electron chi connectivity index (χ4n) is 1.07. The summed E-state index contributed by atoms with van der Waals surface area (Å²) in [4.78, 5) is 10.6. The number of aromatic hydroxyl groups is 1. The standard InChI is InChI=1S/C9H10O3/c1-5-3-4-7(10)8(6(5)2)9(11)12/h3-4,10H,1-2H3,(H,11,12). The molecule has 12 heavy (non-hydrogen) atoms. The van der Waals surface area contributed by atoms with Gasteiger partial charge < -0.3 is 10.2 Å². The molecule has 0 saturated heterocycles. The largest absolute Gasteiger partial charge is 0.507 e. The van der Waals surface area contributed by atoms with E-state index < -0.39 is 5.97 Å². The maximum atomic E-state index is 10.6. The van der Waals surface area contributed by atoms with Crippen LogP contribution in [0.15, 0.2) is 12.1 Å². The van der Waals surface area contributed by atoms with Gasteiger partial charge in [0.1, 0.15) is 11.3 Å². The molecule has 1 aromatic rings. The SMILES string of the molecule is Cc1ccc(O)c(C(=O)O)c1C. The Bertz CT molecular complexity index is 329. The van der Waals surface area contributed by atoms with E-state index >= 15 is 0 Å². The van der Waals surface area contributed by atoms with Gasteiger partial charge in [0.25, 0.3) is 0 Å². The summed E-state index contributed by atoms with van der Waals surface area (Å²) in [5.41, 5.74) is 1.47. The third-order valence-corrected chi connectivity index (χ3v) is 1.93. The molecule has 64 valence electrons. The Morgan fingerprint density at radius 3 is 2.33 bits per heavy atom. The van der Waals surface area contributed by atoms with Crippen molar-refractivity contribution >= 4 is 5.97 Å². The monoisotopic (exact) mass is 166 g/mol. The number of rotatable bonds is 1. The second kappa shape index (κ2) is 2.85. The van der Waals surface area contributed by atoms with Crippen LogP contribution in [0.4, 0.5) is 0 Å². The third kappa shape index (κ3) is 1.25. The van der Waals surface area contributed by atoms with E-state index in [0.29, 0.717) is 5.56 Å². The number of benzene rings is 1. The number of hydrogen-bond donors (Lipinski definition) is 2. The summed E-state index contributed by atoms with van der Waals surface area (Å²) in [6, 6.07) is 3.09. The smallest absolute Gasteiger partial charge is 0.339 e. The van der Waals surface area contributed by atoms with E-state index in [1.165, 1.54) is 6.07 Å². The van der Waals surface area contributed by atoms with E-state index in [9.17, 15) is 9.90 Å². The Kier molecular flexibility index (Phi) is 2.04. The molecule has 0 aliphatic carbocycles. The zero-order valence-corrected chi connectivity index (χ0v) is 6.96. The second-order valence-electron chi connectivity index (χ2n) is 2.71. The van der Waals surface area contributed by atoms with Gasteiger partial charge >= 0.3 is 5.97 Å². The van der Waals surface area contributed by atoms with Crippen molar-refractivity contribution in [1.82, 2.24) is 0 Å². The molecule has 0 heterocycles. The van der Waals surface area contributed by atoms with E-state index in [1.54, 1.807) is 19.9 Å². The van der Waals surface area contributed by atoms with Crippen molar-refractivity contribution in [3.63, 3.8) is 0 Å². The van der Waals surface area contributed by atoms with E-state index in [0.717, 1.165) is 5.56 Å². The first kappa shape index (κ1) is 8.59. The molecular formula is C9H10O3. The zero-order chi connectivity index (χ0) is 9.30. The van der Waals surface area contributed by atoms with Crippen LogP contribution in [0.2, 0.25) is 0 Å². The van der Waals surface area contributed by atoms with Crippen molar-refractivity contribution in [3.05, 3.63) is 28.8 Å². The van der Waals surface area contributed by atoms with Crippen molar-refractivity contribution in [3.8, 4) is 5.75 Å². The summed E-state index contributed by atoms with van der Waals surface area (Å²) in [6.07, 6.45) is 0. The van der Waals surface area contributed by atoms with Gasteiger partial charge in [0, 0.05) is 0 Å². The Morgan fingerprint density at radius 2 is 1.92 bits per heavy atom. The van der Waals surface area contributed by atoms with Gasteiger partial charge in [-0.25, -0.2) is 4.79 Å². The van der Waals surface area contributed by atoms with Gasteiger partial charge in [-0.3, -0.25) is 0 Å². The van der Waals surface area contributed by atoms with Crippen molar-refractivity contribution < 1.29 is 15.0 Å². The fraction of sp³-hybridized carbons (Fsp3) is 0.222. The molecule has 0 spiro atoms. The van der Waals surface area contributed by atoms with Gasteiger partial charge in [0.15, 0.2) is 0 Å². The number of carboxylic acid groups (broad SMARTS) is 1. The second-order valence-corrected chi connectivity index (χ2v) is 2.71. The van der Waals surface area contributed by atoms with Crippen LogP contribution in [0, 0.1) is 13.8 Å². The van der Waals surface area contributed by atoms with Crippen molar-refractivity contribution in [2.75, 3.05) is 0 Å². The minimum atomic E-state index is -1.09. The molecule has 0 aliphatic rings. The summed E-state index contributed by atoms with van der Waals surface area (Å²) in [7, 11) is 0. The Labute approximate surface area is 70.3 Å². The average molecular weight is 166 g/mol. The first-order valence-electron chi connectivity index (χ1n) is 3.56. The molecule has 0 fully saturated rings. The van der Waals surface area contributed by atoms with Crippen molar-refractivity contribution in [2.45, 2.75) is 13.8 Å². The van der Waals surface area contributed by atoms with Gasteiger partial charge in [0.05, 0.1) is 0 Å². The van der Waals surface area contributed by atoms with Crippen LogP contribution in [-0.4, -0.2) is 16.2 Å². The van der Waals surface area contributed by atoms with Gasteiger partial charge in [-0.1, -0.05) is 6.07 Å². The van der Waals surface area contributed by atoms with Gasteiger partial charge in [-0.05, 0) is 31.0 Å². The number of carbonyl (C=O) groups is 1. The Hall–Kier alpha value is -1.51. The lowest BCUT2D eigenvalue weighted by Crippen LogP contribution is -2.01. The molecule has 1 aromatic carbocycles. The van der Waals surface area contributed by atoms with Gasteiger partial charge in [0.2, 0.25) is 0 Å². The van der Waals surface area contributed by atoms with Crippen LogP contribution < -0.4 is 0 Å². The molecule has 0 aliphatic heterocycles. The lowest BCUT2D eigenvalue weighted by molar-refractivity contribution is 0.0693. The highest BCUT2D eigenvalue weighted by Gasteiger charge is 2.13. The normalized spacial score (nSPS) is 9.83. The number of aromatic carboxylic acids is 1. The lowest BCUT2D eigenvalue weighted by atomic mass is 10.0. The average Bonchev–Trinajstić information content (AvgIpc) is 1.97. The van der Waals surface area contributed by atoms with Gasteiger partial charge in [-0.2, -0.15) is 0 Å². The third-order valence-electron chi connectivity index (χ3n) is 1.93. The number of aryl methyl sites for hydroxylation is 1. The number of phenols is 1. The molecule has 0 aromatic heterocycles. The molecule has 0 atom stereocenters. The van der Waals surface area contributed by atoms with Crippen LogP contribution >= 0.6 is 0 Å². The van der Waals surface area contributed by atoms with E-state index in [4.69, 9.17) is 5.11 Å². The Morgan fingerprint density at radius 1 is 1.33 bits per heavy atom. The highest BCUT2D eigenvalue weighted by Crippen LogP contribution is 2.23. The fourth-order valence-corrected chi connectivity index (χ4v) is 1.07. The molecule has 0 unspecified atom stereocenters. The van der Waals surface area contributed by atoms with E-state index in [-0.39, 0.29) is 11.3 Å². The molecule has 0 bridgehead atoms. The van der Waals surface area contributed by atoms with E-state index in [2.05, 4.69) is 0 Å². The lowest BCUT2D eigenvalue weighted by Gasteiger charge is -2.05. The maximum absolute atomic E-state index is 10.6. The number of carboxylic acids is 1. The van der Waals surface area contributed by atoms with Crippen LogP contribution in [0.25, 0.3) is 0 Å². The van der Waals surface area contributed by atoms with Crippen LogP contribution in [0.3, 0.4) is 0 Å². The Balaban J connectivity index is 3.43. The molecule has 0 saturated carbocycles. The molecular weight excluding hydrogens is 156 g/mol. The quantitative estimate of drug-likeness (QED) is 0.667. The summed E-state index contributed by atoms with van der Waals surface area (Å²) < 4.78 is 0. The minimum Gasteiger partial charge on any atom is -0.507 e. The molecule has 2 N–H and O–H groups in total. The summed E-state index contributed by atoms with van der Waals surface area (Å²) >= 11 is 0. The predicted molar refractivity (Wildman–Crippen MR) is 44.5 cm³/mol. The van der Waals surface area contributed by atoms with Crippen LogP contribution in [0.5, 0.6) is 5.75 Å². The predicted octanol–water partition coefficient (Wildman–Crippen LogP) is 1.71. The highest BCUT2D eigenvalue weighted by molar-refractivity contribution is 5.92. The van der Waals surface area contributed by atoms with Crippen LogP contribution in [0.1, 0.15) is 21.5 Å². The number of hydrogen-bond acceptors (Lipinski definition) is 2. The summed E-state index contributed by atoms with van der Waals surface area (Å²) in [6.45, 7) is 3.49. The summed E-state index contributed by atoms with van der Waals surface area (Å²) in [5.74, 6) is -1.26.